The molecule has 2 atom stereocenters. The lowest BCUT2D eigenvalue weighted by Gasteiger charge is -2.35. The number of piperidine rings is 1. The van der Waals surface area contributed by atoms with Crippen molar-refractivity contribution in [3.63, 3.8) is 0 Å². The molecule has 7 nitrogen and oxygen atoms in total. The molecule has 2 bridgehead atoms. The summed E-state index contributed by atoms with van der Waals surface area (Å²) in [5.74, 6) is 1.90. The van der Waals surface area contributed by atoms with Gasteiger partial charge in [0.2, 0.25) is 5.91 Å². The number of aromatic nitrogens is 3. The molecule has 0 saturated carbocycles. The maximum atomic E-state index is 12.9. The molecule has 5 rings (SSSR count). The normalized spacial score (nSPS) is 23.7. The Morgan fingerprint density at radius 1 is 1.25 bits per heavy atom. The van der Waals surface area contributed by atoms with Crippen LogP contribution in [0.5, 0.6) is 0 Å². The molecule has 0 spiro atoms. The van der Waals surface area contributed by atoms with Crippen LogP contribution in [0.4, 0.5) is 5.82 Å². The highest BCUT2D eigenvalue weighted by molar-refractivity contribution is 5.81. The maximum Gasteiger partial charge on any atom is 0.228 e. The highest BCUT2D eigenvalue weighted by Gasteiger charge is 2.41. The van der Waals surface area contributed by atoms with Gasteiger partial charge in [-0.15, -0.1) is 0 Å². The van der Waals surface area contributed by atoms with Crippen molar-refractivity contribution in [3.8, 4) is 0 Å². The SMILES string of the molecule is Cc1noc(C)c1CN1C(=O)[C@@H]2CC[C@H]1CN(c1cnccn1)C2. The molecule has 126 valence electrons. The number of carbonyl (C=O) groups is 1. The number of amides is 1. The Balaban J connectivity index is 1.60. The van der Waals surface area contributed by atoms with Gasteiger partial charge < -0.3 is 14.3 Å². The van der Waals surface area contributed by atoms with Crippen LogP contribution in [0.2, 0.25) is 0 Å². The topological polar surface area (TPSA) is 75.4 Å². The van der Waals surface area contributed by atoms with Crippen molar-refractivity contribution in [2.75, 3.05) is 18.0 Å². The molecule has 7 heteroatoms. The van der Waals surface area contributed by atoms with Crippen LogP contribution in [0.25, 0.3) is 0 Å². The van der Waals surface area contributed by atoms with E-state index in [2.05, 4.69) is 20.0 Å². The second kappa shape index (κ2) is 5.89. The van der Waals surface area contributed by atoms with E-state index >= 15 is 0 Å². The summed E-state index contributed by atoms with van der Waals surface area (Å²) in [7, 11) is 0. The predicted molar refractivity (Wildman–Crippen MR) is 87.3 cm³/mol. The zero-order chi connectivity index (χ0) is 16.7. The first-order valence-corrected chi connectivity index (χ1v) is 8.36. The molecular weight excluding hydrogens is 306 g/mol. The molecule has 3 fully saturated rings. The fourth-order valence-electron chi connectivity index (χ4n) is 3.79. The number of hydrogen-bond donors (Lipinski definition) is 0. The number of aryl methyl sites for hydroxylation is 2. The van der Waals surface area contributed by atoms with E-state index in [9.17, 15) is 4.79 Å². The van der Waals surface area contributed by atoms with Gasteiger partial charge in [0.05, 0.1) is 24.4 Å². The molecule has 3 aliphatic rings. The third-order valence-corrected chi connectivity index (χ3v) is 5.18. The summed E-state index contributed by atoms with van der Waals surface area (Å²) >= 11 is 0. The average molecular weight is 327 g/mol. The molecule has 3 aliphatic heterocycles. The van der Waals surface area contributed by atoms with Crippen LogP contribution in [-0.2, 0) is 11.3 Å². The smallest absolute Gasteiger partial charge is 0.228 e. The largest absolute Gasteiger partial charge is 0.361 e. The van der Waals surface area contributed by atoms with Crippen LogP contribution in [0.15, 0.2) is 23.1 Å². The van der Waals surface area contributed by atoms with Gasteiger partial charge in [-0.1, -0.05) is 5.16 Å². The third kappa shape index (κ3) is 2.53. The van der Waals surface area contributed by atoms with Crippen molar-refractivity contribution < 1.29 is 9.32 Å². The summed E-state index contributed by atoms with van der Waals surface area (Å²) < 4.78 is 5.26. The van der Waals surface area contributed by atoms with Gasteiger partial charge in [-0.05, 0) is 26.7 Å². The highest BCUT2D eigenvalue weighted by atomic mass is 16.5. The van der Waals surface area contributed by atoms with Gasteiger partial charge in [0.1, 0.15) is 11.6 Å². The number of carbonyl (C=O) groups excluding carboxylic acids is 1. The zero-order valence-corrected chi connectivity index (χ0v) is 14.0. The highest BCUT2D eigenvalue weighted by Crippen LogP contribution is 2.32. The van der Waals surface area contributed by atoms with Crippen LogP contribution in [-0.4, -0.2) is 45.1 Å². The van der Waals surface area contributed by atoms with E-state index in [1.807, 2.05) is 18.7 Å². The first kappa shape index (κ1) is 15.1. The van der Waals surface area contributed by atoms with Gasteiger partial charge in [0, 0.05) is 37.1 Å². The van der Waals surface area contributed by atoms with E-state index in [0.717, 1.165) is 42.2 Å². The summed E-state index contributed by atoms with van der Waals surface area (Å²) in [5.41, 5.74) is 1.90. The van der Waals surface area contributed by atoms with Crippen molar-refractivity contribution in [2.45, 2.75) is 39.3 Å². The van der Waals surface area contributed by atoms with Gasteiger partial charge in [-0.25, -0.2) is 4.98 Å². The minimum atomic E-state index is 0.0197. The molecule has 0 aliphatic carbocycles. The molecule has 0 radical (unpaired) electrons. The van der Waals surface area contributed by atoms with E-state index in [0.29, 0.717) is 13.1 Å². The number of nitrogens with zero attached hydrogens (tertiary/aromatic N) is 5. The van der Waals surface area contributed by atoms with E-state index < -0.39 is 0 Å². The van der Waals surface area contributed by atoms with E-state index in [1.54, 1.807) is 18.6 Å². The molecule has 5 heterocycles. The van der Waals surface area contributed by atoms with Gasteiger partial charge in [-0.3, -0.25) is 9.78 Å². The molecule has 3 saturated heterocycles. The summed E-state index contributed by atoms with van der Waals surface area (Å²) in [5, 5.41) is 4.01. The zero-order valence-electron chi connectivity index (χ0n) is 14.0. The first-order chi connectivity index (χ1) is 11.6. The molecule has 0 unspecified atom stereocenters. The van der Waals surface area contributed by atoms with E-state index in [1.165, 1.54) is 0 Å². The fourth-order valence-corrected chi connectivity index (χ4v) is 3.79. The Kier molecular flexibility index (Phi) is 3.70. The predicted octanol–water partition coefficient (Wildman–Crippen LogP) is 1.71. The van der Waals surface area contributed by atoms with Crippen molar-refractivity contribution in [1.29, 1.82) is 0 Å². The van der Waals surface area contributed by atoms with E-state index in [-0.39, 0.29) is 17.9 Å². The van der Waals surface area contributed by atoms with Crippen LogP contribution in [0, 0.1) is 19.8 Å². The average Bonchev–Trinajstić information content (AvgIpc) is 2.79. The Bertz CT molecular complexity index is 725. The molecule has 0 N–H and O–H groups in total. The van der Waals surface area contributed by atoms with Crippen molar-refractivity contribution in [2.24, 2.45) is 5.92 Å². The lowest BCUT2D eigenvalue weighted by molar-refractivity contribution is -0.140. The van der Waals surface area contributed by atoms with Crippen LogP contribution in [0.1, 0.15) is 29.9 Å². The molecule has 24 heavy (non-hydrogen) atoms. The lowest BCUT2D eigenvalue weighted by atomic mass is 9.93. The molecule has 0 aromatic carbocycles. The summed E-state index contributed by atoms with van der Waals surface area (Å²) in [6.07, 6.45) is 7.11. The van der Waals surface area contributed by atoms with Gasteiger partial charge in [0.25, 0.3) is 0 Å². The Labute approximate surface area is 140 Å². The van der Waals surface area contributed by atoms with Crippen LogP contribution >= 0.6 is 0 Å². The Morgan fingerprint density at radius 3 is 2.83 bits per heavy atom. The second-order valence-electron chi connectivity index (χ2n) is 6.67. The van der Waals surface area contributed by atoms with Crippen molar-refractivity contribution in [3.05, 3.63) is 35.6 Å². The number of anilines is 1. The third-order valence-electron chi connectivity index (χ3n) is 5.18. The quantitative estimate of drug-likeness (QED) is 0.854. The summed E-state index contributed by atoms with van der Waals surface area (Å²) in [4.78, 5) is 25.7. The number of rotatable bonds is 3. The van der Waals surface area contributed by atoms with Crippen molar-refractivity contribution >= 4 is 11.7 Å². The molecule has 2 aromatic rings. The Morgan fingerprint density at radius 2 is 2.12 bits per heavy atom. The number of fused-ring (bicyclic) bond motifs is 4. The van der Waals surface area contributed by atoms with Gasteiger partial charge >= 0.3 is 0 Å². The fraction of sp³-hybridized carbons (Fsp3) is 0.529. The van der Waals surface area contributed by atoms with Crippen LogP contribution in [0.3, 0.4) is 0 Å². The molecular formula is C17H21N5O2. The van der Waals surface area contributed by atoms with Crippen LogP contribution < -0.4 is 4.90 Å². The standard InChI is InChI=1S/C17H21N5O2/c1-11-15(12(2)24-20-11)10-22-14-4-3-13(17(22)23)8-21(9-14)16-7-18-5-6-19-16/h5-7,13-14H,3-4,8-10H2,1-2H3/t13-,14+/m1/s1. The monoisotopic (exact) mass is 327 g/mol. The maximum absolute atomic E-state index is 12.9. The Hall–Kier alpha value is -2.44. The minimum Gasteiger partial charge on any atom is -0.361 e. The molecule has 2 aromatic heterocycles. The second-order valence-corrected chi connectivity index (χ2v) is 6.67. The minimum absolute atomic E-state index is 0.0197. The molecule has 1 amide bonds. The number of hydrogen-bond acceptors (Lipinski definition) is 6. The lowest BCUT2D eigenvalue weighted by Crippen LogP contribution is -2.47. The first-order valence-electron chi connectivity index (χ1n) is 8.36. The summed E-state index contributed by atoms with van der Waals surface area (Å²) in [6, 6.07) is 0.187. The van der Waals surface area contributed by atoms with Crippen molar-refractivity contribution in [1.82, 2.24) is 20.0 Å². The van der Waals surface area contributed by atoms with Gasteiger partial charge in [0.15, 0.2) is 0 Å². The van der Waals surface area contributed by atoms with E-state index in [4.69, 9.17) is 4.52 Å². The van der Waals surface area contributed by atoms with Gasteiger partial charge in [-0.2, -0.15) is 0 Å². The summed E-state index contributed by atoms with van der Waals surface area (Å²) in [6.45, 7) is 5.92.